The van der Waals surface area contributed by atoms with Crippen molar-refractivity contribution in [2.75, 3.05) is 13.1 Å². The Labute approximate surface area is 199 Å². The van der Waals surface area contributed by atoms with Crippen molar-refractivity contribution in [3.63, 3.8) is 0 Å². The number of rotatable bonds is 12. The molecule has 1 aliphatic rings. The lowest BCUT2D eigenvalue weighted by atomic mass is 10.0. The molecule has 1 aromatic carbocycles. The summed E-state index contributed by atoms with van der Waals surface area (Å²) in [6, 6.07) is 11.6. The standard InChI is InChI=1S/C25H32N4O5/c1-16(2)15-20(23(31)27-14-11-18-5-3-4-12-26-18)29-25(33)22-21(34-22)24(32)28-13-10-17-6-8-19(30)9-7-17/h3-9,12,16,20-22,30H,10-11,13-15H2,1-2H3,(H,27,31)(H,28,32)(H,29,33)/t20-,21-,22-/m0/s1. The van der Waals surface area contributed by atoms with E-state index in [4.69, 9.17) is 4.74 Å². The minimum Gasteiger partial charge on any atom is -0.508 e. The molecule has 9 heteroatoms. The van der Waals surface area contributed by atoms with Crippen LogP contribution in [-0.2, 0) is 32.0 Å². The van der Waals surface area contributed by atoms with E-state index in [1.54, 1.807) is 30.5 Å². The highest BCUT2D eigenvalue weighted by Gasteiger charge is 2.50. The van der Waals surface area contributed by atoms with E-state index in [1.165, 1.54) is 0 Å². The first-order chi connectivity index (χ1) is 16.3. The second kappa shape index (κ2) is 12.1. The van der Waals surface area contributed by atoms with Gasteiger partial charge in [-0.15, -0.1) is 0 Å². The van der Waals surface area contributed by atoms with Gasteiger partial charge in [0.15, 0.2) is 12.2 Å². The molecule has 3 amide bonds. The topological polar surface area (TPSA) is 133 Å². The largest absolute Gasteiger partial charge is 0.508 e. The van der Waals surface area contributed by atoms with Crippen LogP contribution < -0.4 is 16.0 Å². The summed E-state index contributed by atoms with van der Waals surface area (Å²) in [4.78, 5) is 41.8. The van der Waals surface area contributed by atoms with Gasteiger partial charge in [-0.25, -0.2) is 0 Å². The summed E-state index contributed by atoms with van der Waals surface area (Å²) < 4.78 is 5.29. The number of nitrogens with one attached hydrogen (secondary N) is 3. The summed E-state index contributed by atoms with van der Waals surface area (Å²) >= 11 is 0. The molecular weight excluding hydrogens is 436 g/mol. The molecule has 182 valence electrons. The Balaban J connectivity index is 1.42. The molecule has 4 N–H and O–H groups in total. The van der Waals surface area contributed by atoms with Crippen LogP contribution in [0.3, 0.4) is 0 Å². The SMILES string of the molecule is CC(C)C[C@H](NC(=O)[C@H]1O[C@@H]1C(=O)NCCc1ccc(O)cc1)C(=O)NCCc1ccccn1. The molecule has 3 rings (SSSR count). The Kier molecular flexibility index (Phi) is 8.98. The molecule has 34 heavy (non-hydrogen) atoms. The van der Waals surface area contributed by atoms with E-state index >= 15 is 0 Å². The van der Waals surface area contributed by atoms with Crippen LogP contribution in [0, 0.1) is 5.92 Å². The molecule has 0 spiro atoms. The Morgan fingerprint density at radius 3 is 2.35 bits per heavy atom. The third kappa shape index (κ3) is 7.84. The van der Waals surface area contributed by atoms with Crippen LogP contribution >= 0.6 is 0 Å². The van der Waals surface area contributed by atoms with Gasteiger partial charge in [0.2, 0.25) is 5.91 Å². The van der Waals surface area contributed by atoms with Gasteiger partial charge in [-0.05, 0) is 48.6 Å². The maximum atomic E-state index is 12.7. The predicted octanol–water partition coefficient (Wildman–Crippen LogP) is 1.10. The lowest BCUT2D eigenvalue weighted by Gasteiger charge is -2.19. The first-order valence-corrected chi connectivity index (χ1v) is 11.5. The number of hydrogen-bond donors (Lipinski definition) is 4. The summed E-state index contributed by atoms with van der Waals surface area (Å²) in [6.07, 6.45) is 1.60. The van der Waals surface area contributed by atoms with Crippen LogP contribution in [-0.4, -0.2) is 59.2 Å². The maximum absolute atomic E-state index is 12.7. The van der Waals surface area contributed by atoms with Crippen LogP contribution in [0.5, 0.6) is 5.75 Å². The second-order valence-electron chi connectivity index (χ2n) is 8.74. The molecule has 0 saturated carbocycles. The van der Waals surface area contributed by atoms with Crippen LogP contribution in [0.15, 0.2) is 48.7 Å². The van der Waals surface area contributed by atoms with Gasteiger partial charge in [0, 0.05) is 31.4 Å². The number of aromatic nitrogens is 1. The number of amides is 3. The lowest BCUT2D eigenvalue weighted by molar-refractivity contribution is -0.130. The van der Waals surface area contributed by atoms with Crippen LogP contribution in [0.1, 0.15) is 31.5 Å². The first kappa shape index (κ1) is 25.2. The fourth-order valence-electron chi connectivity index (χ4n) is 3.54. The third-order valence-electron chi connectivity index (χ3n) is 5.40. The number of nitrogens with zero attached hydrogens (tertiary/aromatic N) is 1. The molecule has 1 saturated heterocycles. The van der Waals surface area contributed by atoms with Crippen molar-refractivity contribution >= 4 is 17.7 Å². The van der Waals surface area contributed by atoms with Crippen molar-refractivity contribution in [1.82, 2.24) is 20.9 Å². The predicted molar refractivity (Wildman–Crippen MR) is 126 cm³/mol. The van der Waals surface area contributed by atoms with Crippen molar-refractivity contribution in [2.45, 2.75) is 51.4 Å². The summed E-state index contributed by atoms with van der Waals surface area (Å²) in [5.74, 6) is -0.728. The maximum Gasteiger partial charge on any atom is 0.253 e. The average Bonchev–Trinajstić information content (AvgIpc) is 3.61. The molecule has 9 nitrogen and oxygen atoms in total. The highest BCUT2D eigenvalue weighted by Crippen LogP contribution is 2.23. The highest BCUT2D eigenvalue weighted by atomic mass is 16.6. The quantitative estimate of drug-likeness (QED) is 0.345. The number of benzene rings is 1. The third-order valence-corrected chi connectivity index (χ3v) is 5.40. The molecule has 0 radical (unpaired) electrons. The van der Waals surface area contributed by atoms with E-state index in [0.717, 1.165) is 11.3 Å². The van der Waals surface area contributed by atoms with E-state index in [9.17, 15) is 19.5 Å². The summed E-state index contributed by atoms with van der Waals surface area (Å²) in [7, 11) is 0. The van der Waals surface area contributed by atoms with Gasteiger partial charge in [-0.2, -0.15) is 0 Å². The second-order valence-corrected chi connectivity index (χ2v) is 8.74. The molecule has 0 unspecified atom stereocenters. The number of carbonyl (C=O) groups is 3. The van der Waals surface area contributed by atoms with Crippen LogP contribution in [0.2, 0.25) is 0 Å². The van der Waals surface area contributed by atoms with Crippen LogP contribution in [0.4, 0.5) is 0 Å². The summed E-state index contributed by atoms with van der Waals surface area (Å²) in [6.45, 7) is 4.73. The van der Waals surface area contributed by atoms with Crippen molar-refractivity contribution < 1.29 is 24.2 Å². The molecule has 1 fully saturated rings. The van der Waals surface area contributed by atoms with Crippen molar-refractivity contribution in [3.8, 4) is 5.75 Å². The Morgan fingerprint density at radius 1 is 0.971 bits per heavy atom. The summed E-state index contributed by atoms with van der Waals surface area (Å²) in [5, 5.41) is 17.7. The monoisotopic (exact) mass is 468 g/mol. The number of phenols is 1. The zero-order valence-electron chi connectivity index (χ0n) is 19.5. The van der Waals surface area contributed by atoms with Gasteiger partial charge in [-0.3, -0.25) is 19.4 Å². The molecule has 0 aliphatic carbocycles. The van der Waals surface area contributed by atoms with Gasteiger partial charge in [0.1, 0.15) is 11.8 Å². The zero-order chi connectivity index (χ0) is 24.5. The normalized spacial score (nSPS) is 17.6. The van der Waals surface area contributed by atoms with Crippen molar-refractivity contribution in [2.24, 2.45) is 5.92 Å². The van der Waals surface area contributed by atoms with E-state index in [0.29, 0.717) is 32.4 Å². The smallest absolute Gasteiger partial charge is 0.253 e. The lowest BCUT2D eigenvalue weighted by Crippen LogP contribution is -2.49. The van der Waals surface area contributed by atoms with E-state index in [1.807, 2.05) is 32.0 Å². The van der Waals surface area contributed by atoms with Gasteiger partial charge in [-0.1, -0.05) is 32.0 Å². The molecule has 2 aromatic rings. The number of ether oxygens (including phenoxy) is 1. The van der Waals surface area contributed by atoms with E-state index in [2.05, 4.69) is 20.9 Å². The number of phenolic OH excluding ortho intramolecular Hbond substituents is 1. The minimum atomic E-state index is -0.898. The number of pyridine rings is 1. The van der Waals surface area contributed by atoms with Crippen molar-refractivity contribution in [3.05, 3.63) is 59.9 Å². The zero-order valence-corrected chi connectivity index (χ0v) is 19.5. The average molecular weight is 469 g/mol. The van der Waals surface area contributed by atoms with Crippen molar-refractivity contribution in [1.29, 1.82) is 0 Å². The van der Waals surface area contributed by atoms with Gasteiger partial charge < -0.3 is 25.8 Å². The fourth-order valence-corrected chi connectivity index (χ4v) is 3.54. The molecule has 1 aliphatic heterocycles. The fraction of sp³-hybridized carbons (Fsp3) is 0.440. The summed E-state index contributed by atoms with van der Waals surface area (Å²) in [5.41, 5.74) is 1.84. The minimum absolute atomic E-state index is 0.186. The molecule has 2 heterocycles. The molecule has 3 atom stereocenters. The Hall–Kier alpha value is -3.46. The van der Waals surface area contributed by atoms with Crippen LogP contribution in [0.25, 0.3) is 0 Å². The number of aromatic hydroxyl groups is 1. The van der Waals surface area contributed by atoms with E-state index in [-0.39, 0.29) is 23.5 Å². The number of hydrogen-bond acceptors (Lipinski definition) is 6. The van der Waals surface area contributed by atoms with Gasteiger partial charge in [0.05, 0.1) is 0 Å². The molecule has 0 bridgehead atoms. The Bertz CT molecular complexity index is 965. The number of epoxide rings is 1. The first-order valence-electron chi connectivity index (χ1n) is 11.5. The molecular formula is C25H32N4O5. The number of carbonyl (C=O) groups excluding carboxylic acids is 3. The van der Waals surface area contributed by atoms with E-state index < -0.39 is 24.2 Å². The highest BCUT2D eigenvalue weighted by molar-refractivity contribution is 5.97. The Morgan fingerprint density at radius 2 is 1.68 bits per heavy atom. The van der Waals surface area contributed by atoms with Gasteiger partial charge in [0.25, 0.3) is 11.8 Å². The molecule has 1 aromatic heterocycles. The van der Waals surface area contributed by atoms with Gasteiger partial charge >= 0.3 is 0 Å².